The Bertz CT molecular complexity index is 908. The van der Waals surface area contributed by atoms with Crippen molar-refractivity contribution in [2.45, 2.75) is 51.2 Å². The summed E-state index contributed by atoms with van der Waals surface area (Å²) in [5.74, 6) is -1.84. The SMILES string of the molecule is O=C([O-])CCCCCNC(=O)[C@H](CCCNC(=O)OCc1ccccc1)NC(=O)c1ccc[nH]1.[Na+]. The fourth-order valence-electron chi connectivity index (χ4n) is 3.15. The molecule has 1 aromatic carbocycles. The molecule has 1 aromatic heterocycles. The van der Waals surface area contributed by atoms with Crippen LogP contribution in [0.1, 0.15) is 54.6 Å². The normalized spacial score (nSPS) is 11.0. The smallest absolute Gasteiger partial charge is 0.550 e. The Morgan fingerprint density at radius 2 is 1.66 bits per heavy atom. The topological polar surface area (TPSA) is 152 Å². The number of benzene rings is 1. The van der Waals surface area contributed by atoms with E-state index in [1.165, 1.54) is 0 Å². The Balaban J connectivity index is 0.00000612. The van der Waals surface area contributed by atoms with E-state index in [2.05, 4.69) is 20.9 Å². The van der Waals surface area contributed by atoms with Crippen LogP contribution in [0.4, 0.5) is 4.79 Å². The third-order valence-corrected chi connectivity index (χ3v) is 4.97. The maximum atomic E-state index is 12.6. The number of ether oxygens (including phenoxy) is 1. The maximum Gasteiger partial charge on any atom is 1.00 e. The van der Waals surface area contributed by atoms with Crippen LogP contribution in [0.25, 0.3) is 0 Å². The van der Waals surface area contributed by atoms with Gasteiger partial charge in [0, 0.05) is 25.3 Å². The summed E-state index contributed by atoms with van der Waals surface area (Å²) >= 11 is 0. The van der Waals surface area contributed by atoms with Gasteiger partial charge in [-0.05, 0) is 49.8 Å². The van der Waals surface area contributed by atoms with Crippen LogP contribution < -0.4 is 50.6 Å². The monoisotopic (exact) mass is 494 g/mol. The van der Waals surface area contributed by atoms with Crippen LogP contribution in [-0.2, 0) is 20.9 Å². The molecule has 2 aromatic rings. The number of hydrogen-bond acceptors (Lipinski definition) is 6. The molecule has 0 aliphatic heterocycles. The van der Waals surface area contributed by atoms with Gasteiger partial charge in [-0.3, -0.25) is 9.59 Å². The second-order valence-corrected chi connectivity index (χ2v) is 7.71. The number of carbonyl (C=O) groups excluding carboxylic acids is 4. The van der Waals surface area contributed by atoms with Crippen LogP contribution in [0.2, 0.25) is 0 Å². The van der Waals surface area contributed by atoms with Crippen LogP contribution in [-0.4, -0.2) is 48.0 Å². The van der Waals surface area contributed by atoms with Gasteiger partial charge in [0.15, 0.2) is 0 Å². The molecular weight excluding hydrogens is 463 g/mol. The molecule has 3 amide bonds. The van der Waals surface area contributed by atoms with E-state index in [4.69, 9.17) is 4.74 Å². The van der Waals surface area contributed by atoms with E-state index in [-0.39, 0.29) is 55.0 Å². The van der Waals surface area contributed by atoms with Crippen molar-refractivity contribution in [1.82, 2.24) is 20.9 Å². The van der Waals surface area contributed by atoms with Crippen molar-refractivity contribution in [3.05, 3.63) is 59.9 Å². The first-order valence-corrected chi connectivity index (χ1v) is 11.3. The van der Waals surface area contributed by atoms with Crippen molar-refractivity contribution in [2.75, 3.05) is 13.1 Å². The van der Waals surface area contributed by atoms with Crippen LogP contribution in [0.3, 0.4) is 0 Å². The minimum atomic E-state index is -1.09. The van der Waals surface area contributed by atoms with Crippen LogP contribution in [0.5, 0.6) is 0 Å². The molecule has 0 spiro atoms. The number of amides is 3. The number of alkyl carbamates (subject to hydrolysis) is 1. The number of unbranched alkanes of at least 4 members (excludes halogenated alkanes) is 2. The maximum absolute atomic E-state index is 12.6. The third kappa shape index (κ3) is 13.0. The molecule has 184 valence electrons. The van der Waals surface area contributed by atoms with Crippen LogP contribution in [0.15, 0.2) is 48.7 Å². The van der Waals surface area contributed by atoms with Crippen molar-refractivity contribution >= 4 is 23.9 Å². The third-order valence-electron chi connectivity index (χ3n) is 4.97. The number of carboxylic acids is 1. The fourth-order valence-corrected chi connectivity index (χ4v) is 3.15. The van der Waals surface area contributed by atoms with E-state index in [1.54, 1.807) is 18.3 Å². The molecule has 35 heavy (non-hydrogen) atoms. The van der Waals surface area contributed by atoms with E-state index in [0.29, 0.717) is 44.3 Å². The molecule has 0 unspecified atom stereocenters. The molecular formula is C24H31N4NaO6. The first-order chi connectivity index (χ1) is 16.5. The average Bonchev–Trinajstić information content (AvgIpc) is 3.37. The zero-order chi connectivity index (χ0) is 24.6. The number of aliphatic carboxylic acids is 1. The molecule has 1 heterocycles. The van der Waals surface area contributed by atoms with E-state index >= 15 is 0 Å². The predicted octanol–water partition coefficient (Wildman–Crippen LogP) is -1.75. The molecule has 0 radical (unpaired) electrons. The largest absolute Gasteiger partial charge is 1.00 e. The summed E-state index contributed by atoms with van der Waals surface area (Å²) in [4.78, 5) is 50.1. The number of carbonyl (C=O) groups is 4. The molecule has 2 rings (SSSR count). The molecule has 1 atom stereocenters. The Labute approximate surface area is 226 Å². The molecule has 10 nitrogen and oxygen atoms in total. The quantitative estimate of drug-likeness (QED) is 0.170. The van der Waals surface area contributed by atoms with Gasteiger partial charge in [0.1, 0.15) is 18.3 Å². The predicted molar refractivity (Wildman–Crippen MR) is 122 cm³/mol. The van der Waals surface area contributed by atoms with Gasteiger partial charge >= 0.3 is 35.7 Å². The first kappa shape index (κ1) is 30.2. The Morgan fingerprint density at radius 1 is 0.914 bits per heavy atom. The summed E-state index contributed by atoms with van der Waals surface area (Å²) in [6.07, 6.45) is 3.53. The van der Waals surface area contributed by atoms with E-state index in [0.717, 1.165) is 5.56 Å². The Kier molecular flexibility index (Phi) is 15.2. The number of nitrogens with one attached hydrogen (secondary N) is 4. The van der Waals surface area contributed by atoms with Gasteiger partial charge in [0.25, 0.3) is 5.91 Å². The standard InChI is InChI=1S/C24H32N4O6.Na/c29-21(30)13-5-2-6-14-26-22(31)20(28-23(32)19-11-7-15-25-19)12-8-16-27-24(33)34-17-18-9-3-1-4-10-18;/h1,3-4,7,9-11,15,20,25H,2,5-6,8,12-14,16-17H2,(H,26,31)(H,27,33)(H,28,32)(H,29,30);/q;+1/p-1/t20-;/m0./s1. The molecule has 0 fully saturated rings. The van der Waals surface area contributed by atoms with Crippen molar-refractivity contribution < 1.29 is 58.6 Å². The molecule has 0 aliphatic carbocycles. The average molecular weight is 495 g/mol. The number of aromatic amines is 1. The summed E-state index contributed by atoms with van der Waals surface area (Å²) in [5, 5.41) is 18.6. The van der Waals surface area contributed by atoms with Gasteiger partial charge in [0.05, 0.1) is 0 Å². The van der Waals surface area contributed by atoms with E-state index in [1.807, 2.05) is 30.3 Å². The van der Waals surface area contributed by atoms with Gasteiger partial charge in [-0.1, -0.05) is 36.8 Å². The fraction of sp³-hybridized carbons (Fsp3) is 0.417. The number of hydrogen-bond donors (Lipinski definition) is 4. The van der Waals surface area contributed by atoms with Crippen molar-refractivity contribution in [2.24, 2.45) is 0 Å². The molecule has 0 bridgehead atoms. The minimum absolute atomic E-state index is 0. The number of carboxylic acid groups (broad SMARTS) is 1. The molecule has 0 aliphatic rings. The zero-order valence-corrected chi connectivity index (χ0v) is 22.0. The summed E-state index contributed by atoms with van der Waals surface area (Å²) in [6, 6.07) is 11.8. The molecule has 11 heteroatoms. The van der Waals surface area contributed by atoms with Gasteiger partial charge in [0.2, 0.25) is 5.91 Å². The number of rotatable bonds is 15. The second-order valence-electron chi connectivity index (χ2n) is 7.71. The van der Waals surface area contributed by atoms with Gasteiger partial charge in [-0.15, -0.1) is 0 Å². The summed E-state index contributed by atoms with van der Waals surface area (Å²) in [6.45, 7) is 0.802. The van der Waals surface area contributed by atoms with Crippen molar-refractivity contribution in [1.29, 1.82) is 0 Å². The summed E-state index contributed by atoms with van der Waals surface area (Å²) < 4.78 is 5.15. The molecule has 0 saturated carbocycles. The minimum Gasteiger partial charge on any atom is -0.550 e. The number of H-pyrrole nitrogens is 1. The van der Waals surface area contributed by atoms with Crippen LogP contribution in [0, 0.1) is 0 Å². The molecule has 4 N–H and O–H groups in total. The van der Waals surface area contributed by atoms with E-state index < -0.39 is 24.0 Å². The summed E-state index contributed by atoms with van der Waals surface area (Å²) in [5.41, 5.74) is 1.21. The Hall–Kier alpha value is -2.82. The van der Waals surface area contributed by atoms with Gasteiger partial charge in [-0.2, -0.15) is 0 Å². The Morgan fingerprint density at radius 3 is 2.34 bits per heavy atom. The number of aromatic nitrogens is 1. The van der Waals surface area contributed by atoms with Crippen molar-refractivity contribution in [3.8, 4) is 0 Å². The van der Waals surface area contributed by atoms with Crippen LogP contribution >= 0.6 is 0 Å². The van der Waals surface area contributed by atoms with E-state index in [9.17, 15) is 24.3 Å². The van der Waals surface area contributed by atoms with Crippen molar-refractivity contribution in [3.63, 3.8) is 0 Å². The molecule has 0 saturated heterocycles. The van der Waals surface area contributed by atoms with Gasteiger partial charge in [-0.25, -0.2) is 4.79 Å². The first-order valence-electron chi connectivity index (χ1n) is 11.3. The summed E-state index contributed by atoms with van der Waals surface area (Å²) in [7, 11) is 0. The van der Waals surface area contributed by atoms with Gasteiger partial charge < -0.3 is 35.6 Å². The zero-order valence-electron chi connectivity index (χ0n) is 20.0. The second kappa shape index (κ2) is 17.6.